The number of benzene rings is 1. The number of hydrogen-bond donors (Lipinski definition) is 1. The summed E-state index contributed by atoms with van der Waals surface area (Å²) < 4.78 is 76.7. The van der Waals surface area contributed by atoms with Crippen molar-refractivity contribution < 1.29 is 36.2 Å². The monoisotopic (exact) mass is 366 g/mol. The smallest absolute Gasteiger partial charge is 0.312 e. The molecule has 1 aliphatic heterocycles. The second-order valence-corrected chi connectivity index (χ2v) is 8.01. The van der Waals surface area contributed by atoms with Crippen LogP contribution in [0.3, 0.4) is 0 Å². The highest BCUT2D eigenvalue weighted by molar-refractivity contribution is 7.90. The van der Waals surface area contributed by atoms with Crippen LogP contribution in [-0.2, 0) is 14.6 Å². The number of aliphatic hydroxyl groups is 1. The van der Waals surface area contributed by atoms with Gasteiger partial charge in [0.15, 0.2) is 16.0 Å². The van der Waals surface area contributed by atoms with Crippen LogP contribution in [0.5, 0.6) is 5.75 Å². The molecule has 1 N–H and O–H groups in total. The molecule has 1 aliphatic carbocycles. The molecule has 0 radical (unpaired) electrons. The Morgan fingerprint density at radius 2 is 1.88 bits per heavy atom. The summed E-state index contributed by atoms with van der Waals surface area (Å²) in [5.74, 6) is -4.27. The van der Waals surface area contributed by atoms with Crippen LogP contribution >= 0.6 is 0 Å². The molecule has 1 saturated heterocycles. The topological polar surface area (TPSA) is 72.8 Å². The fourth-order valence-corrected chi connectivity index (χ4v) is 4.00. The van der Waals surface area contributed by atoms with E-state index < -0.39 is 44.1 Å². The van der Waals surface area contributed by atoms with Gasteiger partial charge in [0, 0.05) is 30.2 Å². The van der Waals surface area contributed by atoms with E-state index in [1.54, 1.807) is 0 Å². The summed E-state index contributed by atoms with van der Waals surface area (Å²) in [7, 11) is -3.92. The molecule has 0 saturated carbocycles. The van der Waals surface area contributed by atoms with Gasteiger partial charge in [-0.1, -0.05) is 0 Å². The molecule has 1 aromatic rings. The first-order valence-corrected chi connectivity index (χ1v) is 9.34. The number of rotatable bonds is 3. The molecule has 2 aliphatic rings. The van der Waals surface area contributed by atoms with E-state index in [0.717, 1.165) is 12.3 Å². The maximum absolute atomic E-state index is 14.3. The molecule has 0 bridgehead atoms. The molecule has 3 rings (SSSR count). The highest BCUT2D eigenvalue weighted by Gasteiger charge is 2.59. The lowest BCUT2D eigenvalue weighted by atomic mass is 10.1. The molecule has 0 spiro atoms. The molecule has 0 amide bonds. The summed E-state index contributed by atoms with van der Waals surface area (Å²) in [5.41, 5.74) is -1.19. The van der Waals surface area contributed by atoms with Crippen molar-refractivity contribution in [1.29, 1.82) is 0 Å². The molecule has 2 atom stereocenters. The van der Waals surface area contributed by atoms with Gasteiger partial charge >= 0.3 is 5.92 Å². The van der Waals surface area contributed by atoms with Gasteiger partial charge in [-0.05, 0) is 12.1 Å². The summed E-state index contributed by atoms with van der Waals surface area (Å²) in [5, 5.41) is 9.82. The molecular weight excluding hydrogens is 349 g/mol. The van der Waals surface area contributed by atoms with Crippen LogP contribution in [0.1, 0.15) is 36.2 Å². The lowest BCUT2D eigenvalue weighted by molar-refractivity contribution is -0.144. The van der Waals surface area contributed by atoms with Crippen LogP contribution in [0.4, 0.5) is 13.2 Å². The SMILES string of the molecule is CS(=O)(=O)c1ccc(OC2CCOCC2)c2c1[C@H](O)C(F)(F)[C@@H]2F. The van der Waals surface area contributed by atoms with Crippen molar-refractivity contribution in [3.05, 3.63) is 23.3 Å². The Labute approximate surface area is 137 Å². The zero-order chi connectivity index (χ0) is 17.7. The number of aliphatic hydroxyl groups excluding tert-OH is 1. The minimum atomic E-state index is -4.11. The first-order valence-electron chi connectivity index (χ1n) is 7.45. The van der Waals surface area contributed by atoms with E-state index in [1.165, 1.54) is 6.07 Å². The van der Waals surface area contributed by atoms with Gasteiger partial charge in [0.2, 0.25) is 0 Å². The number of fused-ring (bicyclic) bond motifs is 1. The van der Waals surface area contributed by atoms with Gasteiger partial charge in [0.1, 0.15) is 18.0 Å². The van der Waals surface area contributed by atoms with Crippen molar-refractivity contribution in [3.63, 3.8) is 0 Å². The predicted octanol–water partition coefficient (Wildman–Crippen LogP) is 2.34. The Bertz CT molecular complexity index is 744. The Kier molecular flexibility index (Phi) is 4.29. The van der Waals surface area contributed by atoms with Gasteiger partial charge in [-0.2, -0.15) is 8.78 Å². The molecule has 1 aromatic carbocycles. The van der Waals surface area contributed by atoms with Crippen molar-refractivity contribution in [2.24, 2.45) is 0 Å². The largest absolute Gasteiger partial charge is 0.490 e. The van der Waals surface area contributed by atoms with Crippen molar-refractivity contribution in [2.75, 3.05) is 19.5 Å². The summed E-state index contributed by atoms with van der Waals surface area (Å²) in [6.45, 7) is 0.873. The summed E-state index contributed by atoms with van der Waals surface area (Å²) in [6, 6.07) is 2.24. The van der Waals surface area contributed by atoms with E-state index in [2.05, 4.69) is 0 Å². The molecule has 1 heterocycles. The Morgan fingerprint density at radius 3 is 2.46 bits per heavy atom. The zero-order valence-corrected chi connectivity index (χ0v) is 13.7. The lowest BCUT2D eigenvalue weighted by Gasteiger charge is -2.25. The predicted molar refractivity (Wildman–Crippen MR) is 77.8 cm³/mol. The van der Waals surface area contributed by atoms with Gasteiger partial charge in [-0.25, -0.2) is 12.8 Å². The number of ether oxygens (including phenoxy) is 2. The first-order chi connectivity index (χ1) is 11.1. The number of hydrogen-bond acceptors (Lipinski definition) is 5. The molecule has 1 fully saturated rings. The van der Waals surface area contributed by atoms with Crippen molar-refractivity contribution in [2.45, 2.75) is 42.0 Å². The second-order valence-electron chi connectivity index (χ2n) is 6.03. The fourth-order valence-electron chi connectivity index (χ4n) is 3.06. The minimum absolute atomic E-state index is 0.159. The number of alkyl halides is 3. The Balaban J connectivity index is 2.11. The minimum Gasteiger partial charge on any atom is -0.490 e. The highest BCUT2D eigenvalue weighted by Crippen LogP contribution is 2.57. The van der Waals surface area contributed by atoms with Gasteiger partial charge in [-0.15, -0.1) is 0 Å². The maximum atomic E-state index is 14.3. The van der Waals surface area contributed by atoms with E-state index in [1.807, 2.05) is 0 Å². The summed E-state index contributed by atoms with van der Waals surface area (Å²) in [4.78, 5) is -0.510. The van der Waals surface area contributed by atoms with Crippen LogP contribution in [0.25, 0.3) is 0 Å². The summed E-state index contributed by atoms with van der Waals surface area (Å²) in [6.07, 6.45) is -3.87. The molecular formula is C15H17F3O5S. The van der Waals surface area contributed by atoms with Crippen LogP contribution in [0.2, 0.25) is 0 Å². The number of sulfone groups is 1. The molecule has 5 nitrogen and oxygen atoms in total. The quantitative estimate of drug-likeness (QED) is 0.889. The third-order valence-corrected chi connectivity index (χ3v) is 5.45. The van der Waals surface area contributed by atoms with Gasteiger partial charge in [0.05, 0.1) is 18.1 Å². The van der Waals surface area contributed by atoms with E-state index in [9.17, 15) is 26.7 Å². The number of halogens is 3. The average molecular weight is 366 g/mol. The molecule has 0 aromatic heterocycles. The second kappa shape index (κ2) is 5.89. The van der Waals surface area contributed by atoms with E-state index in [4.69, 9.17) is 9.47 Å². The van der Waals surface area contributed by atoms with Crippen molar-refractivity contribution >= 4 is 9.84 Å². The maximum Gasteiger partial charge on any atom is 0.312 e. The molecule has 24 heavy (non-hydrogen) atoms. The van der Waals surface area contributed by atoms with Gasteiger partial charge in [-0.3, -0.25) is 0 Å². The molecule has 134 valence electrons. The summed E-state index contributed by atoms with van der Waals surface area (Å²) >= 11 is 0. The van der Waals surface area contributed by atoms with Crippen LogP contribution in [0, 0.1) is 0 Å². The van der Waals surface area contributed by atoms with E-state index in [0.29, 0.717) is 26.1 Å². The van der Waals surface area contributed by atoms with Crippen LogP contribution < -0.4 is 4.74 Å². The van der Waals surface area contributed by atoms with Crippen molar-refractivity contribution in [3.8, 4) is 5.75 Å². The molecule has 9 heteroatoms. The third-order valence-electron chi connectivity index (χ3n) is 4.30. The van der Waals surface area contributed by atoms with Gasteiger partial charge < -0.3 is 14.6 Å². The van der Waals surface area contributed by atoms with Crippen LogP contribution in [0.15, 0.2) is 17.0 Å². The average Bonchev–Trinajstić information content (AvgIpc) is 2.69. The Morgan fingerprint density at radius 1 is 1.25 bits per heavy atom. The first kappa shape index (κ1) is 17.5. The lowest BCUT2D eigenvalue weighted by Crippen LogP contribution is -2.26. The Hall–Kier alpha value is -1.32. The zero-order valence-electron chi connectivity index (χ0n) is 12.8. The van der Waals surface area contributed by atoms with Crippen molar-refractivity contribution in [1.82, 2.24) is 0 Å². The van der Waals surface area contributed by atoms with Gasteiger partial charge in [0.25, 0.3) is 0 Å². The van der Waals surface area contributed by atoms with Crippen LogP contribution in [-0.4, -0.2) is 45.0 Å². The fraction of sp³-hybridized carbons (Fsp3) is 0.600. The standard InChI is InChI=1S/C15H17F3O5S/c1-24(20,21)10-3-2-9(23-8-4-6-22-7-5-8)11-12(10)14(19)15(17,18)13(11)16/h2-3,8,13-14,19H,4-7H2,1H3/t13-,14+/m1/s1. The normalized spacial score (nSPS) is 27.0. The van der Waals surface area contributed by atoms with E-state index in [-0.39, 0.29) is 11.9 Å². The van der Waals surface area contributed by atoms with E-state index >= 15 is 0 Å². The highest BCUT2D eigenvalue weighted by atomic mass is 32.2. The molecule has 0 unspecified atom stereocenters. The third kappa shape index (κ3) is 2.78.